The highest BCUT2D eigenvalue weighted by Gasteiger charge is 2.45. The second-order valence-corrected chi connectivity index (χ2v) is 10.3. The molecule has 1 amide bonds. The van der Waals surface area contributed by atoms with Gasteiger partial charge in [0.05, 0.1) is 25.3 Å². The third kappa shape index (κ3) is 6.25. The number of hydrogen-bond acceptors (Lipinski definition) is 6. The Balaban J connectivity index is 1.73. The van der Waals surface area contributed by atoms with Crippen LogP contribution in [0.1, 0.15) is 36.6 Å². The molecule has 7 nitrogen and oxygen atoms in total. The number of hydrogen-bond donors (Lipinski definition) is 1. The number of aliphatic hydroxyl groups excluding tert-OH is 1. The summed E-state index contributed by atoms with van der Waals surface area (Å²) in [6.45, 7) is 4.95. The van der Waals surface area contributed by atoms with Crippen LogP contribution < -0.4 is 14.4 Å². The molecule has 0 bridgehead atoms. The zero-order valence-electron chi connectivity index (χ0n) is 23.2. The highest BCUT2D eigenvalue weighted by atomic mass is 16.5. The lowest BCUT2D eigenvalue weighted by Gasteiger charge is -2.26. The molecule has 7 heteroatoms. The fourth-order valence-corrected chi connectivity index (χ4v) is 4.61. The van der Waals surface area contributed by atoms with E-state index in [4.69, 9.17) is 9.47 Å². The SMILES string of the molecule is COc1ccc(CCN2C(=O)C(=O)/C(=C(\O)c3cccc(OCC(C)C)c3)C2c2ccc(N(C)C)cc2)cc1. The van der Waals surface area contributed by atoms with Gasteiger partial charge in [0, 0.05) is 31.9 Å². The molecule has 3 aromatic rings. The monoisotopic (exact) mass is 528 g/mol. The van der Waals surface area contributed by atoms with E-state index in [1.165, 1.54) is 0 Å². The lowest BCUT2D eigenvalue weighted by Crippen LogP contribution is -2.31. The van der Waals surface area contributed by atoms with Crippen molar-refractivity contribution in [3.05, 3.63) is 95.1 Å². The van der Waals surface area contributed by atoms with E-state index in [1.807, 2.05) is 73.6 Å². The molecule has 1 unspecified atom stereocenters. The number of methoxy groups -OCH3 is 1. The molecule has 0 aliphatic carbocycles. The summed E-state index contributed by atoms with van der Waals surface area (Å²) in [5.74, 6) is 0.143. The number of carbonyl (C=O) groups is 2. The molecule has 1 N–H and O–H groups in total. The molecule has 0 radical (unpaired) electrons. The summed E-state index contributed by atoms with van der Waals surface area (Å²) >= 11 is 0. The topological polar surface area (TPSA) is 79.3 Å². The summed E-state index contributed by atoms with van der Waals surface area (Å²) in [7, 11) is 5.51. The summed E-state index contributed by atoms with van der Waals surface area (Å²) in [6, 6.07) is 21.6. The number of benzene rings is 3. The maximum atomic E-state index is 13.4. The predicted molar refractivity (Wildman–Crippen MR) is 153 cm³/mol. The van der Waals surface area contributed by atoms with Crippen LogP contribution in [0.2, 0.25) is 0 Å². The van der Waals surface area contributed by atoms with Crippen molar-refractivity contribution in [3.63, 3.8) is 0 Å². The molecule has 1 fully saturated rings. The van der Waals surface area contributed by atoms with Crippen LogP contribution in [0, 0.1) is 5.92 Å². The third-order valence-electron chi connectivity index (χ3n) is 6.76. The van der Waals surface area contributed by atoms with Crippen molar-refractivity contribution in [1.29, 1.82) is 0 Å². The molecule has 204 valence electrons. The van der Waals surface area contributed by atoms with E-state index in [0.29, 0.717) is 36.8 Å². The first kappa shape index (κ1) is 27.8. The average molecular weight is 529 g/mol. The Morgan fingerprint density at radius 3 is 2.28 bits per heavy atom. The Labute approximate surface area is 230 Å². The molecule has 0 saturated carbocycles. The van der Waals surface area contributed by atoms with Gasteiger partial charge in [0.1, 0.15) is 17.3 Å². The van der Waals surface area contributed by atoms with Crippen LogP contribution in [0.25, 0.3) is 5.76 Å². The minimum absolute atomic E-state index is 0.0772. The lowest BCUT2D eigenvalue weighted by atomic mass is 9.95. The molecule has 3 aromatic carbocycles. The molecule has 1 saturated heterocycles. The van der Waals surface area contributed by atoms with Crippen LogP contribution in [-0.4, -0.2) is 56.1 Å². The number of rotatable bonds is 10. The van der Waals surface area contributed by atoms with Crippen LogP contribution in [-0.2, 0) is 16.0 Å². The quantitative estimate of drug-likeness (QED) is 0.214. The van der Waals surface area contributed by atoms with Gasteiger partial charge in [0.2, 0.25) is 0 Å². The standard InChI is InChI=1S/C32H36N2O5/c1-21(2)20-39-27-8-6-7-24(19-27)30(35)28-29(23-11-13-25(14-12-23)33(3)4)34(32(37)31(28)36)18-17-22-9-15-26(38-5)16-10-22/h6-16,19,21,29,35H,17-18,20H2,1-5H3/b30-28-. The Kier molecular flexibility index (Phi) is 8.59. The van der Waals surface area contributed by atoms with Gasteiger partial charge in [-0.15, -0.1) is 0 Å². The van der Waals surface area contributed by atoms with Crippen LogP contribution >= 0.6 is 0 Å². The van der Waals surface area contributed by atoms with E-state index in [9.17, 15) is 14.7 Å². The van der Waals surface area contributed by atoms with Crippen molar-refractivity contribution >= 4 is 23.1 Å². The van der Waals surface area contributed by atoms with Gasteiger partial charge in [-0.25, -0.2) is 0 Å². The molecule has 4 rings (SSSR count). The van der Waals surface area contributed by atoms with Crippen molar-refractivity contribution in [2.75, 3.05) is 39.3 Å². The van der Waals surface area contributed by atoms with E-state index < -0.39 is 17.7 Å². The molecule has 1 atom stereocenters. The second kappa shape index (κ2) is 12.1. The number of ether oxygens (including phenoxy) is 2. The van der Waals surface area contributed by atoms with E-state index in [1.54, 1.807) is 30.2 Å². The fourth-order valence-electron chi connectivity index (χ4n) is 4.61. The zero-order chi connectivity index (χ0) is 28.1. The molecule has 1 heterocycles. The maximum Gasteiger partial charge on any atom is 0.295 e. The largest absolute Gasteiger partial charge is 0.507 e. The highest BCUT2D eigenvalue weighted by Crippen LogP contribution is 2.40. The second-order valence-electron chi connectivity index (χ2n) is 10.3. The van der Waals surface area contributed by atoms with Gasteiger partial charge in [0.15, 0.2) is 0 Å². The number of aliphatic hydroxyl groups is 1. The number of Topliss-reactive ketones (excluding diaryl/α,β-unsaturated/α-hetero) is 1. The van der Waals surface area contributed by atoms with Crippen LogP contribution in [0.3, 0.4) is 0 Å². The van der Waals surface area contributed by atoms with Crippen molar-refractivity contribution in [2.24, 2.45) is 5.92 Å². The van der Waals surface area contributed by atoms with E-state index in [-0.39, 0.29) is 11.3 Å². The first-order chi connectivity index (χ1) is 18.7. The Bertz CT molecular complexity index is 1340. The number of amides is 1. The molecule has 1 aliphatic heterocycles. The average Bonchev–Trinajstić information content (AvgIpc) is 3.20. The van der Waals surface area contributed by atoms with Crippen LogP contribution in [0.15, 0.2) is 78.4 Å². The Morgan fingerprint density at radius 1 is 0.974 bits per heavy atom. The van der Waals surface area contributed by atoms with E-state index in [2.05, 4.69) is 13.8 Å². The van der Waals surface area contributed by atoms with Gasteiger partial charge in [0.25, 0.3) is 11.7 Å². The summed E-state index contributed by atoms with van der Waals surface area (Å²) < 4.78 is 11.1. The molecule has 0 aromatic heterocycles. The van der Waals surface area contributed by atoms with Crippen molar-refractivity contribution < 1.29 is 24.2 Å². The minimum Gasteiger partial charge on any atom is -0.507 e. The smallest absolute Gasteiger partial charge is 0.295 e. The molecule has 39 heavy (non-hydrogen) atoms. The number of ketones is 1. The number of nitrogens with zero attached hydrogens (tertiary/aromatic N) is 2. The number of likely N-dealkylation sites (tertiary alicyclic amines) is 1. The van der Waals surface area contributed by atoms with Gasteiger partial charge in [-0.2, -0.15) is 0 Å². The zero-order valence-corrected chi connectivity index (χ0v) is 23.2. The highest BCUT2D eigenvalue weighted by molar-refractivity contribution is 6.46. The normalized spacial score (nSPS) is 16.6. The summed E-state index contributed by atoms with van der Waals surface area (Å²) in [4.78, 5) is 30.3. The maximum absolute atomic E-state index is 13.4. The Morgan fingerprint density at radius 2 is 1.67 bits per heavy atom. The number of carbonyl (C=O) groups excluding carboxylic acids is 2. The summed E-state index contributed by atoms with van der Waals surface area (Å²) in [5.41, 5.74) is 3.26. The Hall–Kier alpha value is -4.26. The first-order valence-corrected chi connectivity index (χ1v) is 13.1. The summed E-state index contributed by atoms with van der Waals surface area (Å²) in [6.07, 6.45) is 0.544. The van der Waals surface area contributed by atoms with Gasteiger partial charge < -0.3 is 24.4 Å². The summed E-state index contributed by atoms with van der Waals surface area (Å²) in [5, 5.41) is 11.4. The van der Waals surface area contributed by atoms with Gasteiger partial charge in [-0.05, 0) is 59.9 Å². The number of anilines is 1. The van der Waals surface area contributed by atoms with Crippen molar-refractivity contribution in [2.45, 2.75) is 26.3 Å². The fraction of sp³-hybridized carbons (Fsp3) is 0.312. The predicted octanol–water partition coefficient (Wildman–Crippen LogP) is 5.46. The first-order valence-electron chi connectivity index (χ1n) is 13.1. The molecule has 1 aliphatic rings. The van der Waals surface area contributed by atoms with Crippen LogP contribution in [0.4, 0.5) is 5.69 Å². The minimum atomic E-state index is -0.723. The van der Waals surface area contributed by atoms with Gasteiger partial charge in [-0.3, -0.25) is 9.59 Å². The van der Waals surface area contributed by atoms with E-state index >= 15 is 0 Å². The molecular weight excluding hydrogens is 492 g/mol. The molecule has 0 spiro atoms. The van der Waals surface area contributed by atoms with Gasteiger partial charge >= 0.3 is 0 Å². The van der Waals surface area contributed by atoms with Crippen molar-refractivity contribution in [1.82, 2.24) is 4.90 Å². The van der Waals surface area contributed by atoms with Crippen LogP contribution in [0.5, 0.6) is 11.5 Å². The van der Waals surface area contributed by atoms with Gasteiger partial charge in [-0.1, -0.05) is 50.2 Å². The lowest BCUT2D eigenvalue weighted by molar-refractivity contribution is -0.139. The third-order valence-corrected chi connectivity index (χ3v) is 6.76. The van der Waals surface area contributed by atoms with E-state index in [0.717, 1.165) is 22.6 Å². The molecular formula is C32H36N2O5. The van der Waals surface area contributed by atoms with Crippen molar-refractivity contribution in [3.8, 4) is 11.5 Å².